The number of rotatable bonds is 10. The standard InChI is InChI=1S/C33H54O13S/c1-16(2)12-17(34)15-33(5,40)24-7-6-20-19-14-23(46-47(41,42)43)22-13-18(8-10-31(22,3)21(19)9-11-32(20,24)4)44-30-27(37)25(35)26(36)28(45-30)29(38)39/h16,18-28,30,35-37,40H,6-15H2,1-5H3,(H,38,39)(H,41,42,43)/t18-,19-,20-,21-,22?,23?,24-,25-,26-,27+,28-,30+,31+,32-,33-/m0/s1. The Morgan fingerprint density at radius 3 is 2.19 bits per heavy atom. The summed E-state index contributed by atoms with van der Waals surface area (Å²) in [6.07, 6.45) is -4.68. The molecule has 5 fully saturated rings. The number of carboxylic acid groups (broad SMARTS) is 1. The largest absolute Gasteiger partial charge is 0.479 e. The average molecular weight is 691 g/mol. The number of carboxylic acids is 1. The molecule has 0 aromatic carbocycles. The van der Waals surface area contributed by atoms with Gasteiger partial charge in [0.15, 0.2) is 12.4 Å². The van der Waals surface area contributed by atoms with Gasteiger partial charge in [-0.15, -0.1) is 0 Å². The smallest absolute Gasteiger partial charge is 0.397 e. The number of Topliss-reactive ketones (excluding diaryl/α,β-unsaturated/α-hetero) is 1. The van der Waals surface area contributed by atoms with E-state index in [1.165, 1.54) is 0 Å². The van der Waals surface area contributed by atoms with Crippen molar-refractivity contribution in [2.45, 2.75) is 147 Å². The summed E-state index contributed by atoms with van der Waals surface area (Å²) in [6, 6.07) is 0. The van der Waals surface area contributed by atoms with Gasteiger partial charge in [-0.1, -0.05) is 27.7 Å². The highest BCUT2D eigenvalue weighted by Gasteiger charge is 2.65. The van der Waals surface area contributed by atoms with E-state index in [9.17, 15) is 48.1 Å². The Labute approximate surface area is 277 Å². The van der Waals surface area contributed by atoms with Gasteiger partial charge in [-0.3, -0.25) is 9.35 Å². The van der Waals surface area contributed by atoms with Crippen molar-refractivity contribution in [2.24, 2.45) is 46.3 Å². The van der Waals surface area contributed by atoms with Crippen LogP contribution in [0.5, 0.6) is 0 Å². The van der Waals surface area contributed by atoms with Crippen molar-refractivity contribution in [3.63, 3.8) is 0 Å². The van der Waals surface area contributed by atoms with Crippen molar-refractivity contribution in [3.05, 3.63) is 0 Å². The van der Waals surface area contributed by atoms with Gasteiger partial charge < -0.3 is 35.0 Å². The number of ketones is 1. The van der Waals surface area contributed by atoms with Gasteiger partial charge in [0.25, 0.3) is 0 Å². The number of hydrogen-bond acceptors (Lipinski definition) is 11. The molecule has 15 atom stereocenters. The van der Waals surface area contributed by atoms with Crippen LogP contribution in [0.3, 0.4) is 0 Å². The first-order chi connectivity index (χ1) is 21.7. The van der Waals surface area contributed by atoms with E-state index in [-0.39, 0.29) is 59.5 Å². The van der Waals surface area contributed by atoms with Gasteiger partial charge in [0, 0.05) is 12.8 Å². The second kappa shape index (κ2) is 13.1. The molecule has 6 N–H and O–H groups in total. The molecular formula is C33H54O13S. The van der Waals surface area contributed by atoms with Crippen LogP contribution in [0.15, 0.2) is 0 Å². The number of aliphatic hydroxyl groups is 4. The lowest BCUT2D eigenvalue weighted by Crippen LogP contribution is -2.62. The van der Waals surface area contributed by atoms with Crippen LogP contribution in [-0.2, 0) is 33.6 Å². The van der Waals surface area contributed by atoms with Crippen molar-refractivity contribution >= 4 is 22.2 Å². The highest BCUT2D eigenvalue weighted by Crippen LogP contribution is 2.69. The van der Waals surface area contributed by atoms with Crippen LogP contribution in [0, 0.1) is 46.3 Å². The fourth-order valence-electron chi connectivity index (χ4n) is 11.0. The van der Waals surface area contributed by atoms with Crippen molar-refractivity contribution in [2.75, 3.05) is 0 Å². The summed E-state index contributed by atoms with van der Waals surface area (Å²) in [5.74, 6) is -1.33. The summed E-state index contributed by atoms with van der Waals surface area (Å²) in [5.41, 5.74) is -1.84. The van der Waals surface area contributed by atoms with Crippen LogP contribution in [0.4, 0.5) is 0 Å². The first-order valence-corrected chi connectivity index (χ1v) is 18.5. The zero-order valence-corrected chi connectivity index (χ0v) is 28.8. The molecular weight excluding hydrogens is 636 g/mol. The Hall–Kier alpha value is -1.23. The second-order valence-electron chi connectivity index (χ2n) is 16.4. The molecule has 0 radical (unpaired) electrons. The van der Waals surface area contributed by atoms with E-state index in [0.29, 0.717) is 25.7 Å². The molecule has 1 heterocycles. The van der Waals surface area contributed by atoms with Crippen molar-refractivity contribution < 1.29 is 61.7 Å². The number of aliphatic carboxylic acids is 1. The molecule has 1 saturated heterocycles. The lowest BCUT2D eigenvalue weighted by Gasteiger charge is -2.63. The molecule has 270 valence electrons. The summed E-state index contributed by atoms with van der Waals surface area (Å²) >= 11 is 0. The molecule has 2 unspecified atom stereocenters. The summed E-state index contributed by atoms with van der Waals surface area (Å²) < 4.78 is 51.0. The zero-order chi connectivity index (χ0) is 34.9. The molecule has 1 aliphatic heterocycles. The van der Waals surface area contributed by atoms with Gasteiger partial charge in [0.1, 0.15) is 24.1 Å². The van der Waals surface area contributed by atoms with Crippen molar-refractivity contribution in [1.82, 2.24) is 0 Å². The van der Waals surface area contributed by atoms with E-state index in [1.54, 1.807) is 6.92 Å². The van der Waals surface area contributed by atoms with E-state index < -0.39 is 70.3 Å². The lowest BCUT2D eigenvalue weighted by atomic mass is 9.43. The maximum atomic E-state index is 12.8. The predicted octanol–water partition coefficient (Wildman–Crippen LogP) is 2.48. The molecule has 0 aromatic heterocycles. The molecule has 5 aliphatic rings. The van der Waals surface area contributed by atoms with Crippen LogP contribution in [0.25, 0.3) is 0 Å². The van der Waals surface area contributed by atoms with Crippen molar-refractivity contribution in [3.8, 4) is 0 Å². The first kappa shape index (κ1) is 37.0. The third-order valence-electron chi connectivity index (χ3n) is 12.9. The summed E-state index contributed by atoms with van der Waals surface area (Å²) in [7, 11) is -4.83. The summed E-state index contributed by atoms with van der Waals surface area (Å²) in [5, 5.41) is 52.0. The third kappa shape index (κ3) is 7.05. The van der Waals surface area contributed by atoms with Gasteiger partial charge in [-0.2, -0.15) is 8.42 Å². The van der Waals surface area contributed by atoms with Crippen LogP contribution < -0.4 is 0 Å². The van der Waals surface area contributed by atoms with Crippen LogP contribution in [0.2, 0.25) is 0 Å². The predicted molar refractivity (Wildman–Crippen MR) is 166 cm³/mol. The quantitative estimate of drug-likeness (QED) is 0.144. The maximum Gasteiger partial charge on any atom is 0.397 e. The number of carbonyl (C=O) groups is 2. The molecule has 4 aliphatic carbocycles. The number of fused-ring (bicyclic) bond motifs is 5. The number of carbonyl (C=O) groups excluding carboxylic acids is 1. The van der Waals surface area contributed by atoms with E-state index in [2.05, 4.69) is 13.8 Å². The lowest BCUT2D eigenvalue weighted by molar-refractivity contribution is -0.311. The van der Waals surface area contributed by atoms with E-state index in [0.717, 1.165) is 25.7 Å². The Kier molecular flexibility index (Phi) is 10.4. The molecule has 5 rings (SSSR count). The van der Waals surface area contributed by atoms with Gasteiger partial charge in [0.05, 0.1) is 17.8 Å². The summed E-state index contributed by atoms with van der Waals surface area (Å²) in [4.78, 5) is 24.4. The Morgan fingerprint density at radius 2 is 1.57 bits per heavy atom. The highest BCUT2D eigenvalue weighted by molar-refractivity contribution is 7.80. The monoisotopic (exact) mass is 690 g/mol. The van der Waals surface area contributed by atoms with Crippen LogP contribution >= 0.6 is 0 Å². The molecule has 4 saturated carbocycles. The minimum absolute atomic E-state index is 0.0506. The molecule has 0 spiro atoms. The minimum Gasteiger partial charge on any atom is -0.479 e. The maximum absolute atomic E-state index is 12.8. The molecule has 47 heavy (non-hydrogen) atoms. The number of hydrogen-bond donors (Lipinski definition) is 6. The normalized spacial score (nSPS) is 46.6. The first-order valence-electron chi connectivity index (χ1n) is 17.2. The fourth-order valence-corrected chi connectivity index (χ4v) is 11.6. The Morgan fingerprint density at radius 1 is 0.936 bits per heavy atom. The van der Waals surface area contributed by atoms with Gasteiger partial charge >= 0.3 is 16.4 Å². The third-order valence-corrected chi connectivity index (χ3v) is 13.4. The average Bonchev–Trinajstić information content (AvgIpc) is 3.30. The van der Waals surface area contributed by atoms with Crippen LogP contribution in [-0.4, -0.2) is 98.8 Å². The minimum atomic E-state index is -4.83. The van der Waals surface area contributed by atoms with Crippen molar-refractivity contribution in [1.29, 1.82) is 0 Å². The van der Waals surface area contributed by atoms with Crippen LogP contribution in [0.1, 0.15) is 98.8 Å². The Balaban J connectivity index is 1.37. The molecule has 0 bridgehead atoms. The molecule has 0 amide bonds. The Bertz CT molecular complexity index is 1290. The zero-order valence-electron chi connectivity index (χ0n) is 28.0. The second-order valence-corrected chi connectivity index (χ2v) is 17.4. The summed E-state index contributed by atoms with van der Waals surface area (Å²) in [6.45, 7) is 10.1. The van der Waals surface area contributed by atoms with E-state index in [4.69, 9.17) is 13.7 Å². The highest BCUT2D eigenvalue weighted by atomic mass is 32.3. The molecule has 13 nitrogen and oxygen atoms in total. The van der Waals surface area contributed by atoms with E-state index >= 15 is 0 Å². The van der Waals surface area contributed by atoms with Gasteiger partial charge in [0.2, 0.25) is 0 Å². The number of aliphatic hydroxyl groups excluding tert-OH is 3. The number of ether oxygens (including phenoxy) is 2. The SMILES string of the molecule is CC(C)CC(=O)C[C@](C)(O)[C@H]1CC[C@H]2[C@@H]3CC(OS(=O)(=O)O)C4C[C@@H](O[C@@H]5O[C@H](C(=O)O)[C@@H](O)[C@H](O)[C@H]5O)CC[C@]4(C)[C@H]3CC[C@@]21C. The molecule has 14 heteroatoms. The van der Waals surface area contributed by atoms with Gasteiger partial charge in [-0.05, 0) is 105 Å². The topological polar surface area (TPSA) is 217 Å². The fraction of sp³-hybridized carbons (Fsp3) is 0.939. The van der Waals surface area contributed by atoms with Gasteiger partial charge in [-0.25, -0.2) is 8.98 Å². The van der Waals surface area contributed by atoms with E-state index in [1.807, 2.05) is 13.8 Å². The molecule has 0 aromatic rings.